The van der Waals surface area contributed by atoms with Gasteiger partial charge in [-0.25, -0.2) is 4.98 Å². The molecule has 4 aromatic rings. The quantitative estimate of drug-likeness (QED) is 0.517. The molecule has 0 amide bonds. The molecule has 0 aliphatic carbocycles. The van der Waals surface area contributed by atoms with Crippen LogP contribution in [0.1, 0.15) is 0 Å². The zero-order valence-corrected chi connectivity index (χ0v) is 10.5. The van der Waals surface area contributed by atoms with E-state index in [4.69, 9.17) is 20.3 Å². The summed E-state index contributed by atoms with van der Waals surface area (Å²) < 4.78 is 11.8. The van der Waals surface area contributed by atoms with Crippen molar-refractivity contribution in [3.8, 4) is 10.8 Å². The number of fused-ring (bicyclic) bond motifs is 2. The first-order valence-corrected chi connectivity index (χ1v) is 6.46. The molecule has 0 radical (unpaired) electrons. The van der Waals surface area contributed by atoms with Crippen molar-refractivity contribution in [1.29, 1.82) is 0 Å². The van der Waals surface area contributed by atoms with E-state index in [-0.39, 0.29) is 0 Å². The standard InChI is InChI=1S/C13H9N3O2S/c14-6-1-2-7(15)12-11(6)16-13(19-12)10-5-9-8(18-10)3-4-17-9/h1-5H,14-15H2. The highest BCUT2D eigenvalue weighted by Gasteiger charge is 2.15. The molecule has 1 aromatic carbocycles. The zero-order valence-electron chi connectivity index (χ0n) is 9.71. The summed E-state index contributed by atoms with van der Waals surface area (Å²) in [5.74, 6) is 0.661. The lowest BCUT2D eigenvalue weighted by Crippen LogP contribution is -1.89. The number of nitrogens with zero attached hydrogens (tertiary/aromatic N) is 1. The lowest BCUT2D eigenvalue weighted by molar-refractivity contribution is 0.612. The average Bonchev–Trinajstić information content (AvgIpc) is 3.05. The minimum atomic E-state index is 0.613. The predicted octanol–water partition coefficient (Wildman–Crippen LogP) is 3.47. The van der Waals surface area contributed by atoms with Crippen LogP contribution in [0.2, 0.25) is 0 Å². The lowest BCUT2D eigenvalue weighted by atomic mass is 10.2. The predicted molar refractivity (Wildman–Crippen MR) is 75.9 cm³/mol. The Balaban J connectivity index is 1.98. The van der Waals surface area contributed by atoms with Gasteiger partial charge in [-0.1, -0.05) is 0 Å². The third kappa shape index (κ3) is 1.43. The molecule has 0 aliphatic heterocycles. The monoisotopic (exact) mass is 271 g/mol. The molecule has 0 atom stereocenters. The Morgan fingerprint density at radius 3 is 2.68 bits per heavy atom. The fourth-order valence-electron chi connectivity index (χ4n) is 2.02. The number of furan rings is 2. The van der Waals surface area contributed by atoms with Crippen LogP contribution in [-0.2, 0) is 0 Å². The summed E-state index contributed by atoms with van der Waals surface area (Å²) in [4.78, 5) is 4.50. The minimum absolute atomic E-state index is 0.613. The number of thiazole rings is 1. The highest BCUT2D eigenvalue weighted by Crippen LogP contribution is 2.38. The summed E-state index contributed by atoms with van der Waals surface area (Å²) in [6, 6.07) is 7.14. The Kier molecular flexibility index (Phi) is 1.94. The van der Waals surface area contributed by atoms with E-state index < -0.39 is 0 Å². The normalized spacial score (nSPS) is 11.6. The summed E-state index contributed by atoms with van der Waals surface area (Å²) in [7, 11) is 0. The molecule has 94 valence electrons. The van der Waals surface area contributed by atoms with Gasteiger partial charge < -0.3 is 20.3 Å². The number of benzene rings is 1. The van der Waals surface area contributed by atoms with Crippen molar-refractivity contribution >= 4 is 44.1 Å². The van der Waals surface area contributed by atoms with E-state index in [2.05, 4.69) is 4.98 Å². The first-order valence-electron chi connectivity index (χ1n) is 5.64. The van der Waals surface area contributed by atoms with Crippen molar-refractivity contribution in [3.63, 3.8) is 0 Å². The maximum atomic E-state index is 5.94. The van der Waals surface area contributed by atoms with Crippen molar-refractivity contribution in [2.24, 2.45) is 0 Å². The molecular formula is C13H9N3O2S. The second-order valence-electron chi connectivity index (χ2n) is 4.20. The van der Waals surface area contributed by atoms with E-state index >= 15 is 0 Å². The number of hydrogen-bond acceptors (Lipinski definition) is 6. The van der Waals surface area contributed by atoms with Crippen LogP contribution in [0, 0.1) is 0 Å². The smallest absolute Gasteiger partial charge is 0.173 e. The summed E-state index contributed by atoms with van der Waals surface area (Å²) in [5, 5.41) is 0.742. The third-order valence-corrected chi connectivity index (χ3v) is 4.07. The van der Waals surface area contributed by atoms with Gasteiger partial charge in [-0.3, -0.25) is 0 Å². The third-order valence-electron chi connectivity index (χ3n) is 2.96. The van der Waals surface area contributed by atoms with E-state index in [0.29, 0.717) is 33.8 Å². The van der Waals surface area contributed by atoms with Gasteiger partial charge in [0.25, 0.3) is 0 Å². The Morgan fingerprint density at radius 2 is 1.89 bits per heavy atom. The summed E-state index contributed by atoms with van der Waals surface area (Å²) in [6.45, 7) is 0. The van der Waals surface area contributed by atoms with Crippen molar-refractivity contribution in [2.75, 3.05) is 11.5 Å². The van der Waals surface area contributed by atoms with Gasteiger partial charge in [0.05, 0.1) is 22.3 Å². The number of anilines is 2. The summed E-state index contributed by atoms with van der Waals surface area (Å²) in [6.07, 6.45) is 1.59. The molecule has 4 N–H and O–H groups in total. The van der Waals surface area contributed by atoms with Gasteiger partial charge in [0, 0.05) is 12.1 Å². The molecule has 0 bridgehead atoms. The molecule has 0 saturated heterocycles. The van der Waals surface area contributed by atoms with Crippen LogP contribution in [0.5, 0.6) is 0 Å². The molecule has 4 rings (SSSR count). The van der Waals surface area contributed by atoms with Crippen molar-refractivity contribution < 1.29 is 8.83 Å². The molecule has 5 nitrogen and oxygen atoms in total. The number of rotatable bonds is 1. The van der Waals surface area contributed by atoms with Gasteiger partial charge >= 0.3 is 0 Å². The van der Waals surface area contributed by atoms with Gasteiger partial charge in [0.1, 0.15) is 5.52 Å². The van der Waals surface area contributed by atoms with Crippen LogP contribution in [0.3, 0.4) is 0 Å². The van der Waals surface area contributed by atoms with Crippen molar-refractivity contribution in [3.05, 3.63) is 30.5 Å². The van der Waals surface area contributed by atoms with Crippen molar-refractivity contribution in [2.45, 2.75) is 0 Å². The summed E-state index contributed by atoms with van der Waals surface area (Å²) in [5.41, 5.74) is 15.3. The Morgan fingerprint density at radius 1 is 1.05 bits per heavy atom. The van der Waals surface area contributed by atoms with E-state index in [1.807, 2.05) is 6.07 Å². The van der Waals surface area contributed by atoms with E-state index in [1.165, 1.54) is 11.3 Å². The second kappa shape index (κ2) is 3.52. The van der Waals surface area contributed by atoms with Crippen LogP contribution in [0.15, 0.2) is 39.4 Å². The largest absolute Gasteiger partial charge is 0.461 e. The first kappa shape index (κ1) is 10.5. The Hall–Kier alpha value is -2.47. The van der Waals surface area contributed by atoms with Crippen LogP contribution in [0.25, 0.3) is 32.2 Å². The molecule has 0 spiro atoms. The first-order chi connectivity index (χ1) is 9.22. The summed E-state index contributed by atoms with van der Waals surface area (Å²) >= 11 is 1.46. The van der Waals surface area contributed by atoms with Gasteiger partial charge in [-0.05, 0) is 12.1 Å². The van der Waals surface area contributed by atoms with Gasteiger partial charge in [-0.2, -0.15) is 0 Å². The average molecular weight is 271 g/mol. The molecule has 3 heterocycles. The van der Waals surface area contributed by atoms with Crippen LogP contribution in [-0.4, -0.2) is 4.98 Å². The molecule has 0 unspecified atom stereocenters. The lowest BCUT2D eigenvalue weighted by Gasteiger charge is -1.96. The second-order valence-corrected chi connectivity index (χ2v) is 5.20. The van der Waals surface area contributed by atoms with Gasteiger partial charge in [0.15, 0.2) is 21.9 Å². The molecule has 6 heteroatoms. The van der Waals surface area contributed by atoms with E-state index in [1.54, 1.807) is 24.5 Å². The maximum Gasteiger partial charge on any atom is 0.173 e. The maximum absolute atomic E-state index is 5.94. The van der Waals surface area contributed by atoms with E-state index in [0.717, 1.165) is 9.71 Å². The topological polar surface area (TPSA) is 91.2 Å². The number of hydrogen-bond donors (Lipinski definition) is 2. The van der Waals surface area contributed by atoms with Crippen LogP contribution < -0.4 is 11.5 Å². The number of nitrogens with two attached hydrogens (primary N) is 2. The molecule has 3 aromatic heterocycles. The number of aromatic nitrogens is 1. The van der Waals surface area contributed by atoms with Crippen LogP contribution in [0.4, 0.5) is 11.4 Å². The van der Waals surface area contributed by atoms with Gasteiger partial charge in [-0.15, -0.1) is 11.3 Å². The highest BCUT2D eigenvalue weighted by molar-refractivity contribution is 7.22. The molecule has 0 aliphatic rings. The molecular weight excluding hydrogens is 262 g/mol. The molecule has 0 saturated carbocycles. The van der Waals surface area contributed by atoms with E-state index in [9.17, 15) is 0 Å². The fraction of sp³-hybridized carbons (Fsp3) is 0. The number of nitrogen functional groups attached to an aromatic ring is 2. The SMILES string of the molecule is Nc1ccc(N)c2sc(-c3cc4occc4o3)nc12. The Bertz CT molecular complexity index is 836. The van der Waals surface area contributed by atoms with Gasteiger partial charge in [0.2, 0.25) is 0 Å². The minimum Gasteiger partial charge on any atom is -0.461 e. The molecule has 19 heavy (non-hydrogen) atoms. The van der Waals surface area contributed by atoms with Crippen LogP contribution >= 0.6 is 11.3 Å². The highest BCUT2D eigenvalue weighted by atomic mass is 32.1. The zero-order chi connectivity index (χ0) is 13.0. The van der Waals surface area contributed by atoms with Crippen molar-refractivity contribution in [1.82, 2.24) is 4.98 Å². The fourth-order valence-corrected chi connectivity index (χ4v) is 3.00. The molecule has 0 fully saturated rings. The Labute approximate surface area is 111 Å².